The molecule has 1 fully saturated rings. The Bertz CT molecular complexity index is 1030. The van der Waals surface area contributed by atoms with Crippen LogP contribution in [0.5, 0.6) is 0 Å². The molecule has 0 radical (unpaired) electrons. The Morgan fingerprint density at radius 1 is 0.812 bits per heavy atom. The molecule has 4 rings (SSSR count). The van der Waals surface area contributed by atoms with Crippen LogP contribution in [0.25, 0.3) is 0 Å². The van der Waals surface area contributed by atoms with Gasteiger partial charge in [-0.1, -0.05) is 78.4 Å². The Labute approximate surface area is 189 Å². The summed E-state index contributed by atoms with van der Waals surface area (Å²) in [4.78, 5) is 30.1. The third-order valence-electron chi connectivity index (χ3n) is 5.91. The fourth-order valence-electron chi connectivity index (χ4n) is 4.12. The predicted octanol–water partition coefficient (Wildman–Crippen LogP) is 4.06. The van der Waals surface area contributed by atoms with Crippen molar-refractivity contribution < 1.29 is 9.59 Å². The van der Waals surface area contributed by atoms with E-state index in [0.717, 1.165) is 16.8 Å². The molecule has 1 aliphatic rings. The van der Waals surface area contributed by atoms with Crippen molar-refractivity contribution in [3.05, 3.63) is 102 Å². The molecule has 3 aromatic carbocycles. The number of hydrogen-bond acceptors (Lipinski definition) is 3. The highest BCUT2D eigenvalue weighted by molar-refractivity contribution is 5.95. The minimum absolute atomic E-state index is 0.0539. The molecule has 3 aromatic rings. The quantitative estimate of drug-likeness (QED) is 0.645. The summed E-state index contributed by atoms with van der Waals surface area (Å²) < 4.78 is 0. The summed E-state index contributed by atoms with van der Waals surface area (Å²) in [7, 11) is 0. The van der Waals surface area contributed by atoms with Crippen LogP contribution in [0.15, 0.2) is 84.9 Å². The first-order valence-corrected chi connectivity index (χ1v) is 11.1. The summed E-state index contributed by atoms with van der Waals surface area (Å²) in [5.74, 6) is 0.0836. The fraction of sp³-hybridized carbons (Fsp3) is 0.259. The number of benzene rings is 3. The molecule has 0 aromatic heterocycles. The van der Waals surface area contributed by atoms with E-state index >= 15 is 0 Å². The molecule has 5 heteroatoms. The van der Waals surface area contributed by atoms with E-state index < -0.39 is 6.04 Å². The van der Waals surface area contributed by atoms with E-state index in [0.29, 0.717) is 32.6 Å². The topological polar surface area (TPSA) is 52.7 Å². The van der Waals surface area contributed by atoms with E-state index in [4.69, 9.17) is 0 Å². The first-order valence-electron chi connectivity index (χ1n) is 11.1. The van der Waals surface area contributed by atoms with Crippen LogP contribution in [0.2, 0.25) is 0 Å². The Morgan fingerprint density at radius 2 is 1.41 bits per heavy atom. The molecular weight excluding hydrogens is 398 g/mol. The molecule has 1 atom stereocenters. The van der Waals surface area contributed by atoms with Crippen molar-refractivity contribution >= 4 is 17.5 Å². The summed E-state index contributed by atoms with van der Waals surface area (Å²) in [5, 5.41) is 3.05. The van der Waals surface area contributed by atoms with Crippen LogP contribution < -0.4 is 5.32 Å². The lowest BCUT2D eigenvalue weighted by atomic mass is 10.0. The third kappa shape index (κ3) is 5.42. The van der Waals surface area contributed by atoms with E-state index in [2.05, 4.69) is 10.2 Å². The number of anilines is 1. The van der Waals surface area contributed by atoms with E-state index in [-0.39, 0.29) is 11.8 Å². The Hall–Kier alpha value is -3.44. The molecule has 1 unspecified atom stereocenters. The van der Waals surface area contributed by atoms with Gasteiger partial charge in [-0.2, -0.15) is 0 Å². The second-order valence-electron chi connectivity index (χ2n) is 8.25. The number of para-hydroxylation sites is 1. The van der Waals surface area contributed by atoms with E-state index in [1.807, 2.05) is 96.8 Å². The molecule has 0 saturated carbocycles. The van der Waals surface area contributed by atoms with Crippen molar-refractivity contribution in [3.63, 3.8) is 0 Å². The van der Waals surface area contributed by atoms with Gasteiger partial charge in [0, 0.05) is 31.9 Å². The SMILES string of the molecule is Cc1ccc(CC(=O)N2CCN(C(C(=O)Nc3ccccc3)c3ccccc3)CC2)cc1. The van der Waals surface area contributed by atoms with Crippen LogP contribution in [0.4, 0.5) is 5.69 Å². The molecule has 5 nitrogen and oxygen atoms in total. The maximum Gasteiger partial charge on any atom is 0.246 e. The van der Waals surface area contributed by atoms with Gasteiger partial charge in [0.2, 0.25) is 11.8 Å². The highest BCUT2D eigenvalue weighted by atomic mass is 16.2. The average Bonchev–Trinajstić information content (AvgIpc) is 2.82. The minimum atomic E-state index is -0.397. The van der Waals surface area contributed by atoms with Crippen LogP contribution >= 0.6 is 0 Å². The van der Waals surface area contributed by atoms with Crippen molar-refractivity contribution in [1.29, 1.82) is 0 Å². The van der Waals surface area contributed by atoms with Crippen LogP contribution in [0.1, 0.15) is 22.7 Å². The van der Waals surface area contributed by atoms with Gasteiger partial charge in [0.05, 0.1) is 6.42 Å². The summed E-state index contributed by atoms with van der Waals surface area (Å²) in [5.41, 5.74) is 3.97. The normalized spacial score (nSPS) is 15.2. The monoisotopic (exact) mass is 427 g/mol. The van der Waals surface area contributed by atoms with Gasteiger partial charge in [-0.3, -0.25) is 14.5 Å². The number of carbonyl (C=O) groups excluding carboxylic acids is 2. The van der Waals surface area contributed by atoms with Crippen molar-refractivity contribution in [1.82, 2.24) is 9.80 Å². The molecule has 0 spiro atoms. The van der Waals surface area contributed by atoms with Crippen molar-refractivity contribution in [2.45, 2.75) is 19.4 Å². The van der Waals surface area contributed by atoms with Crippen LogP contribution in [-0.4, -0.2) is 47.8 Å². The number of nitrogens with one attached hydrogen (secondary N) is 1. The first kappa shape index (κ1) is 21.8. The second-order valence-corrected chi connectivity index (χ2v) is 8.25. The second kappa shape index (κ2) is 10.2. The average molecular weight is 428 g/mol. The van der Waals surface area contributed by atoms with Gasteiger partial charge in [0.25, 0.3) is 0 Å². The molecule has 32 heavy (non-hydrogen) atoms. The zero-order valence-corrected chi connectivity index (χ0v) is 18.4. The standard InChI is InChI=1S/C27H29N3O2/c1-21-12-14-22(15-13-21)20-25(31)29-16-18-30(19-17-29)26(23-8-4-2-5-9-23)27(32)28-24-10-6-3-7-11-24/h2-15,26H,16-20H2,1H3,(H,28,32). The smallest absolute Gasteiger partial charge is 0.246 e. The number of piperazine rings is 1. The van der Waals surface area contributed by atoms with Gasteiger partial charge in [-0.05, 0) is 30.2 Å². The van der Waals surface area contributed by atoms with Crippen LogP contribution in [0.3, 0.4) is 0 Å². The van der Waals surface area contributed by atoms with Crippen molar-refractivity contribution in [2.75, 3.05) is 31.5 Å². The molecular formula is C27H29N3O2. The molecule has 1 heterocycles. The molecule has 164 valence electrons. The number of hydrogen-bond donors (Lipinski definition) is 1. The zero-order chi connectivity index (χ0) is 22.3. The number of aryl methyl sites for hydroxylation is 1. The fourth-order valence-corrected chi connectivity index (χ4v) is 4.12. The number of carbonyl (C=O) groups is 2. The van der Waals surface area contributed by atoms with Crippen molar-refractivity contribution in [3.8, 4) is 0 Å². The third-order valence-corrected chi connectivity index (χ3v) is 5.91. The van der Waals surface area contributed by atoms with E-state index in [1.54, 1.807) is 0 Å². The highest BCUT2D eigenvalue weighted by Gasteiger charge is 2.31. The molecule has 1 N–H and O–H groups in total. The van der Waals surface area contributed by atoms with Crippen LogP contribution in [-0.2, 0) is 16.0 Å². The molecule has 1 aliphatic heterocycles. The van der Waals surface area contributed by atoms with Gasteiger partial charge < -0.3 is 10.2 Å². The molecule has 0 aliphatic carbocycles. The Morgan fingerprint density at radius 3 is 2.03 bits per heavy atom. The van der Waals surface area contributed by atoms with Crippen molar-refractivity contribution in [2.24, 2.45) is 0 Å². The van der Waals surface area contributed by atoms with E-state index in [1.165, 1.54) is 5.56 Å². The summed E-state index contributed by atoms with van der Waals surface area (Å²) in [6, 6.07) is 27.1. The number of nitrogens with zero attached hydrogens (tertiary/aromatic N) is 2. The maximum absolute atomic E-state index is 13.3. The summed E-state index contributed by atoms with van der Waals surface area (Å²) in [6.07, 6.45) is 0.414. The van der Waals surface area contributed by atoms with Gasteiger partial charge in [0.15, 0.2) is 0 Å². The lowest BCUT2D eigenvalue weighted by molar-refractivity contribution is -0.133. The molecule has 1 saturated heterocycles. The maximum atomic E-state index is 13.3. The van der Waals surface area contributed by atoms with E-state index in [9.17, 15) is 9.59 Å². The minimum Gasteiger partial charge on any atom is -0.340 e. The molecule has 0 bridgehead atoms. The van der Waals surface area contributed by atoms with Gasteiger partial charge in [-0.25, -0.2) is 0 Å². The Balaban J connectivity index is 1.42. The lowest BCUT2D eigenvalue weighted by Crippen LogP contribution is -2.52. The molecule has 2 amide bonds. The lowest BCUT2D eigenvalue weighted by Gasteiger charge is -2.39. The first-order chi connectivity index (χ1) is 15.6. The largest absolute Gasteiger partial charge is 0.340 e. The zero-order valence-electron chi connectivity index (χ0n) is 18.4. The summed E-state index contributed by atoms with van der Waals surface area (Å²) >= 11 is 0. The Kier molecular flexibility index (Phi) is 6.97. The highest BCUT2D eigenvalue weighted by Crippen LogP contribution is 2.24. The van der Waals surface area contributed by atoms with Crippen LogP contribution in [0, 0.1) is 6.92 Å². The van der Waals surface area contributed by atoms with Gasteiger partial charge in [0.1, 0.15) is 6.04 Å². The number of rotatable bonds is 6. The predicted molar refractivity (Wildman–Crippen MR) is 127 cm³/mol. The summed E-state index contributed by atoms with van der Waals surface area (Å²) in [6.45, 7) is 4.59. The van der Waals surface area contributed by atoms with Gasteiger partial charge >= 0.3 is 0 Å². The number of amides is 2. The van der Waals surface area contributed by atoms with Gasteiger partial charge in [-0.15, -0.1) is 0 Å².